The molecule has 0 bridgehead atoms. The molecule has 2 aromatic rings. The second-order valence-corrected chi connectivity index (χ2v) is 5.03. The first kappa shape index (κ1) is 12.7. The minimum Gasteiger partial charge on any atom is -0.355 e. The second-order valence-electron chi connectivity index (χ2n) is 5.03. The first-order chi connectivity index (χ1) is 8.66. The third kappa shape index (κ3) is 3.13. The number of rotatable bonds is 5. The van der Waals surface area contributed by atoms with Gasteiger partial charge in [-0.15, -0.1) is 0 Å². The van der Waals surface area contributed by atoms with E-state index < -0.39 is 0 Å². The highest BCUT2D eigenvalue weighted by Crippen LogP contribution is 2.14. The Morgan fingerprint density at radius 3 is 2.83 bits per heavy atom. The smallest absolute Gasteiger partial charge is 0.239 e. The Hall–Kier alpha value is -1.77. The fourth-order valence-corrected chi connectivity index (χ4v) is 1.99. The molecule has 0 saturated carbocycles. The van der Waals surface area contributed by atoms with Gasteiger partial charge in [0.25, 0.3) is 0 Å². The molecule has 0 spiro atoms. The van der Waals surface area contributed by atoms with Gasteiger partial charge in [-0.05, 0) is 29.9 Å². The van der Waals surface area contributed by atoms with Gasteiger partial charge in [0.05, 0.1) is 0 Å². The predicted molar refractivity (Wildman–Crippen MR) is 74.4 cm³/mol. The Morgan fingerprint density at radius 2 is 2.06 bits per heavy atom. The summed E-state index contributed by atoms with van der Waals surface area (Å²) in [4.78, 5) is 11.8. The minimum absolute atomic E-state index is 0.0806. The van der Waals surface area contributed by atoms with Crippen molar-refractivity contribution in [2.75, 3.05) is 6.54 Å². The molecule has 1 heterocycles. The molecule has 0 aliphatic carbocycles. The van der Waals surface area contributed by atoms with Gasteiger partial charge in [0, 0.05) is 18.3 Å². The summed E-state index contributed by atoms with van der Waals surface area (Å²) in [5.74, 6) is 0.703. The molecule has 3 heteroatoms. The molecular formula is C15H20N2O. The zero-order valence-electron chi connectivity index (χ0n) is 11.0. The van der Waals surface area contributed by atoms with Crippen molar-refractivity contribution in [1.29, 1.82) is 0 Å². The third-order valence-corrected chi connectivity index (χ3v) is 3.04. The van der Waals surface area contributed by atoms with Crippen LogP contribution in [0.4, 0.5) is 0 Å². The lowest BCUT2D eigenvalue weighted by Gasteiger charge is -2.08. The molecule has 0 unspecified atom stereocenters. The highest BCUT2D eigenvalue weighted by atomic mass is 16.1. The normalized spacial score (nSPS) is 11.1. The van der Waals surface area contributed by atoms with E-state index in [4.69, 9.17) is 0 Å². The highest BCUT2D eigenvalue weighted by Gasteiger charge is 2.05. The number of para-hydroxylation sites is 1. The van der Waals surface area contributed by atoms with E-state index in [1.54, 1.807) is 0 Å². The summed E-state index contributed by atoms with van der Waals surface area (Å²) in [6, 6.07) is 10.1. The molecule has 2 rings (SSSR count). The van der Waals surface area contributed by atoms with Crippen LogP contribution in [0, 0.1) is 5.92 Å². The molecule has 0 aliphatic heterocycles. The SMILES string of the molecule is CC(C)CCNC(=O)Cn1ccc2ccccc21. The highest BCUT2D eigenvalue weighted by molar-refractivity contribution is 5.83. The van der Waals surface area contributed by atoms with Gasteiger partial charge in [-0.2, -0.15) is 0 Å². The second kappa shape index (κ2) is 5.71. The molecule has 1 amide bonds. The van der Waals surface area contributed by atoms with Crippen LogP contribution >= 0.6 is 0 Å². The van der Waals surface area contributed by atoms with Crippen LogP contribution in [-0.2, 0) is 11.3 Å². The van der Waals surface area contributed by atoms with Gasteiger partial charge in [-0.1, -0.05) is 32.0 Å². The van der Waals surface area contributed by atoms with Crippen LogP contribution in [0.3, 0.4) is 0 Å². The van der Waals surface area contributed by atoms with E-state index in [0.717, 1.165) is 18.5 Å². The van der Waals surface area contributed by atoms with Crippen LogP contribution in [-0.4, -0.2) is 17.0 Å². The van der Waals surface area contributed by atoms with Gasteiger partial charge in [0.15, 0.2) is 0 Å². The standard InChI is InChI=1S/C15H20N2O/c1-12(2)7-9-16-15(18)11-17-10-8-13-5-3-4-6-14(13)17/h3-6,8,10,12H,7,9,11H2,1-2H3,(H,16,18). The number of amides is 1. The van der Waals surface area contributed by atoms with Gasteiger partial charge >= 0.3 is 0 Å². The largest absolute Gasteiger partial charge is 0.355 e. The maximum absolute atomic E-state index is 11.8. The Labute approximate surface area is 108 Å². The summed E-state index contributed by atoms with van der Waals surface area (Å²) >= 11 is 0. The number of hydrogen-bond acceptors (Lipinski definition) is 1. The molecule has 1 aromatic heterocycles. The lowest BCUT2D eigenvalue weighted by molar-refractivity contribution is -0.121. The number of hydrogen-bond donors (Lipinski definition) is 1. The fourth-order valence-electron chi connectivity index (χ4n) is 1.99. The molecule has 0 atom stereocenters. The summed E-state index contributed by atoms with van der Waals surface area (Å²) in [7, 11) is 0. The van der Waals surface area contributed by atoms with Gasteiger partial charge in [-0.25, -0.2) is 0 Å². The zero-order chi connectivity index (χ0) is 13.0. The molecule has 0 saturated heterocycles. The Kier molecular flexibility index (Phi) is 4.03. The Balaban J connectivity index is 1.95. The molecule has 3 nitrogen and oxygen atoms in total. The average Bonchev–Trinajstić information content (AvgIpc) is 2.72. The average molecular weight is 244 g/mol. The van der Waals surface area contributed by atoms with Gasteiger partial charge < -0.3 is 9.88 Å². The third-order valence-electron chi connectivity index (χ3n) is 3.04. The number of fused-ring (bicyclic) bond motifs is 1. The maximum Gasteiger partial charge on any atom is 0.239 e. The predicted octanol–water partition coefficient (Wildman–Crippen LogP) is 2.80. The zero-order valence-corrected chi connectivity index (χ0v) is 11.0. The number of carbonyl (C=O) groups is 1. The number of nitrogens with one attached hydrogen (secondary N) is 1. The van der Waals surface area contributed by atoms with Crippen LogP contribution in [0.2, 0.25) is 0 Å². The van der Waals surface area contributed by atoms with Crippen LogP contribution in [0.1, 0.15) is 20.3 Å². The van der Waals surface area contributed by atoms with E-state index >= 15 is 0 Å². The monoisotopic (exact) mass is 244 g/mol. The van der Waals surface area contributed by atoms with Crippen molar-refractivity contribution in [3.8, 4) is 0 Å². The van der Waals surface area contributed by atoms with Crippen molar-refractivity contribution in [1.82, 2.24) is 9.88 Å². The molecular weight excluding hydrogens is 224 g/mol. The topological polar surface area (TPSA) is 34.0 Å². The summed E-state index contributed by atoms with van der Waals surface area (Å²) in [6.45, 7) is 5.47. The summed E-state index contributed by atoms with van der Waals surface area (Å²) in [5.41, 5.74) is 1.11. The molecule has 18 heavy (non-hydrogen) atoms. The number of aromatic nitrogens is 1. The van der Waals surface area contributed by atoms with Crippen molar-refractivity contribution in [3.63, 3.8) is 0 Å². The van der Waals surface area contributed by atoms with Gasteiger partial charge in [-0.3, -0.25) is 4.79 Å². The summed E-state index contributed by atoms with van der Waals surface area (Å²) in [6.07, 6.45) is 2.99. The molecule has 0 fully saturated rings. The quantitative estimate of drug-likeness (QED) is 0.862. The number of nitrogens with zero attached hydrogens (tertiary/aromatic N) is 1. The van der Waals surface area contributed by atoms with E-state index in [0.29, 0.717) is 12.5 Å². The molecule has 0 radical (unpaired) electrons. The Morgan fingerprint density at radius 1 is 1.28 bits per heavy atom. The van der Waals surface area contributed by atoms with Crippen molar-refractivity contribution < 1.29 is 4.79 Å². The molecule has 1 aromatic carbocycles. The van der Waals surface area contributed by atoms with Crippen molar-refractivity contribution in [2.24, 2.45) is 5.92 Å². The minimum atomic E-state index is 0.0806. The van der Waals surface area contributed by atoms with Crippen LogP contribution in [0.25, 0.3) is 10.9 Å². The van der Waals surface area contributed by atoms with Crippen LogP contribution < -0.4 is 5.32 Å². The molecule has 96 valence electrons. The van der Waals surface area contributed by atoms with E-state index in [1.807, 2.05) is 35.0 Å². The van der Waals surface area contributed by atoms with E-state index in [9.17, 15) is 4.79 Å². The number of carbonyl (C=O) groups excluding carboxylic acids is 1. The van der Waals surface area contributed by atoms with E-state index in [-0.39, 0.29) is 5.91 Å². The lowest BCUT2D eigenvalue weighted by atomic mass is 10.1. The lowest BCUT2D eigenvalue weighted by Crippen LogP contribution is -2.28. The van der Waals surface area contributed by atoms with Crippen molar-refractivity contribution in [3.05, 3.63) is 36.5 Å². The first-order valence-corrected chi connectivity index (χ1v) is 6.47. The van der Waals surface area contributed by atoms with Crippen LogP contribution in [0.5, 0.6) is 0 Å². The fraction of sp³-hybridized carbons (Fsp3) is 0.400. The van der Waals surface area contributed by atoms with E-state index in [2.05, 4.69) is 25.2 Å². The van der Waals surface area contributed by atoms with Crippen molar-refractivity contribution in [2.45, 2.75) is 26.8 Å². The van der Waals surface area contributed by atoms with E-state index in [1.165, 1.54) is 5.39 Å². The van der Waals surface area contributed by atoms with Gasteiger partial charge in [0.2, 0.25) is 5.91 Å². The summed E-state index contributed by atoms with van der Waals surface area (Å²) < 4.78 is 1.99. The Bertz CT molecular complexity index is 528. The molecule has 1 N–H and O–H groups in total. The molecule has 0 aliphatic rings. The summed E-state index contributed by atoms with van der Waals surface area (Å²) in [5, 5.41) is 4.13. The number of benzene rings is 1. The van der Waals surface area contributed by atoms with Gasteiger partial charge in [0.1, 0.15) is 6.54 Å². The first-order valence-electron chi connectivity index (χ1n) is 6.47. The van der Waals surface area contributed by atoms with Crippen molar-refractivity contribution >= 4 is 16.8 Å². The van der Waals surface area contributed by atoms with Crippen LogP contribution in [0.15, 0.2) is 36.5 Å². The maximum atomic E-state index is 11.8.